The van der Waals surface area contributed by atoms with Crippen LogP contribution in [0.25, 0.3) is 16.5 Å². The van der Waals surface area contributed by atoms with Crippen molar-refractivity contribution in [3.8, 4) is 0 Å². The first-order valence-corrected chi connectivity index (χ1v) is 6.35. The molecular weight excluding hydrogens is 222 g/mol. The molecule has 3 heteroatoms. The molecule has 0 unspecified atom stereocenters. The topological polar surface area (TPSA) is 30.2 Å². The molecule has 0 bridgehead atoms. The molecule has 1 aliphatic rings. The fourth-order valence-electron chi connectivity index (χ4n) is 2.53. The van der Waals surface area contributed by atoms with Crippen LogP contribution in [0.2, 0.25) is 0 Å². The van der Waals surface area contributed by atoms with Gasteiger partial charge >= 0.3 is 0 Å². The summed E-state index contributed by atoms with van der Waals surface area (Å²) in [6, 6.07) is 4.80. The van der Waals surface area contributed by atoms with Gasteiger partial charge in [-0.15, -0.1) is 0 Å². The van der Waals surface area contributed by atoms with Crippen LogP contribution in [0.1, 0.15) is 31.3 Å². The summed E-state index contributed by atoms with van der Waals surface area (Å²) in [6.45, 7) is 7.26. The van der Waals surface area contributed by atoms with E-state index in [9.17, 15) is 0 Å². The Morgan fingerprint density at radius 2 is 2.11 bits per heavy atom. The van der Waals surface area contributed by atoms with Crippen molar-refractivity contribution in [2.24, 2.45) is 4.99 Å². The predicted octanol–water partition coefficient (Wildman–Crippen LogP) is 3.39. The van der Waals surface area contributed by atoms with Crippen molar-refractivity contribution in [2.45, 2.75) is 26.8 Å². The summed E-state index contributed by atoms with van der Waals surface area (Å²) in [5.41, 5.74) is 4.78. The second kappa shape index (κ2) is 4.09. The average molecular weight is 239 g/mol. The molecule has 2 aromatic heterocycles. The number of allylic oxidation sites excluding steroid dienone is 1. The molecule has 18 heavy (non-hydrogen) atoms. The van der Waals surface area contributed by atoms with E-state index in [1.54, 1.807) is 0 Å². The van der Waals surface area contributed by atoms with Gasteiger partial charge in [0.25, 0.3) is 0 Å². The van der Waals surface area contributed by atoms with Crippen molar-refractivity contribution in [1.82, 2.24) is 9.55 Å². The van der Waals surface area contributed by atoms with Crippen LogP contribution in [0.15, 0.2) is 29.4 Å². The molecule has 92 valence electrons. The van der Waals surface area contributed by atoms with Crippen LogP contribution in [0.4, 0.5) is 0 Å². The highest BCUT2D eigenvalue weighted by atomic mass is 15.0. The number of hydrogen-bond acceptors (Lipinski definition) is 2. The number of aliphatic imine (C=N–C) groups is 1. The molecule has 0 spiro atoms. The molecule has 3 rings (SSSR count). The molecule has 3 nitrogen and oxygen atoms in total. The van der Waals surface area contributed by atoms with Crippen LogP contribution in [0.5, 0.6) is 0 Å². The lowest BCUT2D eigenvalue weighted by atomic mass is 10.2. The van der Waals surface area contributed by atoms with E-state index in [2.05, 4.69) is 46.6 Å². The highest BCUT2D eigenvalue weighted by Crippen LogP contribution is 2.29. The third-order valence-electron chi connectivity index (χ3n) is 3.32. The van der Waals surface area contributed by atoms with Gasteiger partial charge in [0.1, 0.15) is 0 Å². The Balaban J connectivity index is 2.31. The molecule has 0 N–H and O–H groups in total. The van der Waals surface area contributed by atoms with Crippen molar-refractivity contribution in [3.63, 3.8) is 0 Å². The molecule has 0 atom stereocenters. The van der Waals surface area contributed by atoms with Gasteiger partial charge in [-0.3, -0.25) is 9.98 Å². The monoisotopic (exact) mass is 239 g/mol. The van der Waals surface area contributed by atoms with Crippen molar-refractivity contribution >= 4 is 22.7 Å². The second-order valence-corrected chi connectivity index (χ2v) is 5.03. The van der Waals surface area contributed by atoms with Crippen LogP contribution in [-0.4, -0.2) is 22.3 Å². The number of pyridine rings is 1. The van der Waals surface area contributed by atoms with Gasteiger partial charge in [-0.05, 0) is 32.9 Å². The van der Waals surface area contributed by atoms with Gasteiger partial charge in [-0.1, -0.05) is 6.08 Å². The fourth-order valence-corrected chi connectivity index (χ4v) is 2.53. The predicted molar refractivity (Wildman–Crippen MR) is 76.2 cm³/mol. The number of hydrogen-bond donors (Lipinski definition) is 0. The maximum Gasteiger partial charge on any atom is 0.0580 e. The summed E-state index contributed by atoms with van der Waals surface area (Å²) in [5, 5.41) is 1.20. The van der Waals surface area contributed by atoms with Crippen LogP contribution in [0.3, 0.4) is 0 Å². The van der Waals surface area contributed by atoms with Gasteiger partial charge in [0.05, 0.1) is 17.8 Å². The molecule has 0 saturated carbocycles. The summed E-state index contributed by atoms with van der Waals surface area (Å²) in [7, 11) is 0. The van der Waals surface area contributed by atoms with E-state index >= 15 is 0 Å². The summed E-state index contributed by atoms with van der Waals surface area (Å²) in [4.78, 5) is 8.66. The SMILES string of the molecule is Cc1cc2c(cn1)cc(C1=CCN=C1)n2C(C)C. The van der Waals surface area contributed by atoms with Crippen molar-refractivity contribution in [2.75, 3.05) is 6.54 Å². The Kier molecular flexibility index (Phi) is 2.54. The first-order valence-electron chi connectivity index (χ1n) is 6.35. The zero-order chi connectivity index (χ0) is 12.7. The van der Waals surface area contributed by atoms with Gasteiger partial charge in [0.15, 0.2) is 0 Å². The Bertz CT molecular complexity index is 660. The fraction of sp³-hybridized carbons (Fsp3) is 0.333. The lowest BCUT2D eigenvalue weighted by Gasteiger charge is -2.14. The first-order chi connectivity index (χ1) is 8.66. The number of nitrogens with zero attached hydrogens (tertiary/aromatic N) is 3. The number of fused-ring (bicyclic) bond motifs is 1. The van der Waals surface area contributed by atoms with Gasteiger partial charge in [-0.25, -0.2) is 0 Å². The highest BCUT2D eigenvalue weighted by Gasteiger charge is 2.15. The summed E-state index contributed by atoms with van der Waals surface area (Å²) >= 11 is 0. The Labute approximate surface area is 107 Å². The first kappa shape index (κ1) is 11.2. The highest BCUT2D eigenvalue weighted by molar-refractivity contribution is 6.12. The summed E-state index contributed by atoms with van der Waals surface area (Å²) in [5.74, 6) is 0. The standard InChI is InChI=1S/C15H17N3/c1-10(2)18-14-6-11(3)17-9-13(14)7-15(18)12-4-5-16-8-12/h4,6-10H,5H2,1-3H3. The van der Waals surface area contributed by atoms with Crippen molar-refractivity contribution < 1.29 is 0 Å². The molecule has 2 aromatic rings. The largest absolute Gasteiger partial charge is 0.338 e. The molecule has 0 aromatic carbocycles. The van der Waals surface area contributed by atoms with E-state index in [-0.39, 0.29) is 0 Å². The van der Waals surface area contributed by atoms with Gasteiger partial charge < -0.3 is 4.57 Å². The van der Waals surface area contributed by atoms with E-state index < -0.39 is 0 Å². The number of rotatable bonds is 2. The molecule has 0 amide bonds. The van der Waals surface area contributed by atoms with Crippen LogP contribution in [-0.2, 0) is 0 Å². The third kappa shape index (κ3) is 1.67. The minimum Gasteiger partial charge on any atom is -0.338 e. The van der Waals surface area contributed by atoms with Crippen molar-refractivity contribution in [3.05, 3.63) is 35.8 Å². The Morgan fingerprint density at radius 1 is 1.28 bits per heavy atom. The minimum atomic E-state index is 0.425. The van der Waals surface area contributed by atoms with Crippen LogP contribution >= 0.6 is 0 Å². The minimum absolute atomic E-state index is 0.425. The van der Waals surface area contributed by atoms with Gasteiger partial charge in [-0.2, -0.15) is 0 Å². The second-order valence-electron chi connectivity index (χ2n) is 5.03. The maximum absolute atomic E-state index is 4.38. The quantitative estimate of drug-likeness (QED) is 0.790. The molecule has 0 aliphatic carbocycles. The Morgan fingerprint density at radius 3 is 2.78 bits per heavy atom. The Hall–Kier alpha value is -1.90. The molecule has 3 heterocycles. The van der Waals surface area contributed by atoms with Crippen molar-refractivity contribution in [1.29, 1.82) is 0 Å². The molecular formula is C15H17N3. The summed E-state index contributed by atoms with van der Waals surface area (Å²) < 4.78 is 2.37. The zero-order valence-corrected chi connectivity index (χ0v) is 11.0. The van der Waals surface area contributed by atoms with Gasteiger partial charge in [0, 0.05) is 35.1 Å². The molecule has 0 radical (unpaired) electrons. The van der Waals surface area contributed by atoms with E-state index in [0.717, 1.165) is 12.2 Å². The van der Waals surface area contributed by atoms with Crippen LogP contribution in [0, 0.1) is 6.92 Å². The number of aryl methyl sites for hydroxylation is 1. The summed E-state index contributed by atoms with van der Waals surface area (Å²) in [6.07, 6.45) is 6.10. The normalized spacial score (nSPS) is 14.8. The zero-order valence-electron chi connectivity index (χ0n) is 11.0. The molecule has 0 saturated heterocycles. The maximum atomic E-state index is 4.38. The lowest BCUT2D eigenvalue weighted by Crippen LogP contribution is -2.05. The van der Waals surface area contributed by atoms with Crippen LogP contribution < -0.4 is 0 Å². The lowest BCUT2D eigenvalue weighted by molar-refractivity contribution is 0.617. The number of aromatic nitrogens is 2. The molecule has 0 fully saturated rings. The van der Waals surface area contributed by atoms with E-state index in [4.69, 9.17) is 0 Å². The molecule has 1 aliphatic heterocycles. The smallest absolute Gasteiger partial charge is 0.0580 e. The van der Waals surface area contributed by atoms with E-state index in [1.165, 1.54) is 22.2 Å². The average Bonchev–Trinajstić information content (AvgIpc) is 2.94. The third-order valence-corrected chi connectivity index (χ3v) is 3.32. The van der Waals surface area contributed by atoms with E-state index in [0.29, 0.717) is 6.04 Å². The van der Waals surface area contributed by atoms with Gasteiger partial charge in [0.2, 0.25) is 0 Å². The van der Waals surface area contributed by atoms with E-state index in [1.807, 2.05) is 19.3 Å².